The molecule has 0 aliphatic rings. The highest BCUT2D eigenvalue weighted by Gasteiger charge is 2.08. The van der Waals surface area contributed by atoms with E-state index in [9.17, 15) is 0 Å². The maximum absolute atomic E-state index is 5.85. The van der Waals surface area contributed by atoms with Gasteiger partial charge in [-0.2, -0.15) is 0 Å². The van der Waals surface area contributed by atoms with Crippen LogP contribution >= 0.6 is 27.3 Å². The lowest BCUT2D eigenvalue weighted by Gasteiger charge is -2.07. The third-order valence-electron chi connectivity index (χ3n) is 2.71. The van der Waals surface area contributed by atoms with E-state index in [1.54, 1.807) is 0 Å². The number of hydrogen-bond donors (Lipinski definition) is 1. The molecule has 0 radical (unpaired) electrons. The van der Waals surface area contributed by atoms with Gasteiger partial charge in [-0.25, -0.2) is 4.98 Å². The molecule has 0 fully saturated rings. The molecule has 0 bridgehead atoms. The van der Waals surface area contributed by atoms with Crippen molar-refractivity contribution in [2.24, 2.45) is 5.73 Å². The molecule has 96 valence electrons. The zero-order valence-corrected chi connectivity index (χ0v) is 12.4. The summed E-state index contributed by atoms with van der Waals surface area (Å²) in [5.74, 6) is 0.754. The highest BCUT2D eigenvalue weighted by Crippen LogP contribution is 2.33. The highest BCUT2D eigenvalue weighted by atomic mass is 79.9. The summed E-state index contributed by atoms with van der Waals surface area (Å²) in [4.78, 5) is 4.45. The van der Waals surface area contributed by atoms with Crippen molar-refractivity contribution in [2.75, 3.05) is 0 Å². The quantitative estimate of drug-likeness (QED) is 0.776. The molecule has 0 aliphatic heterocycles. The van der Waals surface area contributed by atoms with Gasteiger partial charge in [0.25, 0.3) is 5.19 Å². The third-order valence-corrected chi connectivity index (χ3v) is 4.12. The number of nitrogens with zero attached hydrogens (tertiary/aromatic N) is 1. The predicted molar refractivity (Wildman–Crippen MR) is 81.7 cm³/mol. The second kappa shape index (κ2) is 5.28. The normalized spacial score (nSPS) is 10.8. The fourth-order valence-electron chi connectivity index (χ4n) is 1.80. The number of nitrogens with two attached hydrogens (primary N) is 1. The molecule has 0 spiro atoms. The predicted octanol–water partition coefficient (Wildman–Crippen LogP) is 4.31. The van der Waals surface area contributed by atoms with Crippen LogP contribution in [0, 0.1) is 0 Å². The van der Waals surface area contributed by atoms with Crippen LogP contribution in [0.15, 0.2) is 46.9 Å². The number of aromatic nitrogens is 1. The van der Waals surface area contributed by atoms with E-state index >= 15 is 0 Å². The van der Waals surface area contributed by atoms with Crippen molar-refractivity contribution in [3.8, 4) is 10.9 Å². The Morgan fingerprint density at radius 2 is 2.05 bits per heavy atom. The van der Waals surface area contributed by atoms with Crippen LogP contribution in [-0.2, 0) is 6.54 Å². The van der Waals surface area contributed by atoms with Gasteiger partial charge in [-0.1, -0.05) is 39.4 Å². The Labute approximate surface area is 123 Å². The molecule has 0 saturated heterocycles. The molecule has 3 nitrogen and oxygen atoms in total. The van der Waals surface area contributed by atoms with Crippen molar-refractivity contribution >= 4 is 37.5 Å². The second-order valence-electron chi connectivity index (χ2n) is 4.01. The second-order valence-corrected chi connectivity index (χ2v) is 5.91. The third kappa shape index (κ3) is 2.63. The van der Waals surface area contributed by atoms with Gasteiger partial charge in [0.1, 0.15) is 5.75 Å². The number of rotatable bonds is 3. The van der Waals surface area contributed by atoms with Crippen molar-refractivity contribution in [1.29, 1.82) is 0 Å². The molecule has 2 N–H and O–H groups in total. The molecule has 0 atom stereocenters. The molecule has 2 aromatic carbocycles. The van der Waals surface area contributed by atoms with Crippen LogP contribution in [-0.4, -0.2) is 4.98 Å². The number of halogens is 1. The van der Waals surface area contributed by atoms with Crippen LogP contribution < -0.4 is 10.5 Å². The Morgan fingerprint density at radius 1 is 1.21 bits per heavy atom. The van der Waals surface area contributed by atoms with Gasteiger partial charge in [-0.05, 0) is 30.3 Å². The highest BCUT2D eigenvalue weighted by molar-refractivity contribution is 9.10. The fraction of sp³-hybridized carbons (Fsp3) is 0.0714. The molecule has 3 rings (SSSR count). The van der Waals surface area contributed by atoms with Gasteiger partial charge in [0.15, 0.2) is 0 Å². The van der Waals surface area contributed by atoms with Gasteiger partial charge in [-0.3, -0.25) is 0 Å². The van der Waals surface area contributed by atoms with Crippen LogP contribution in [0.25, 0.3) is 10.2 Å². The smallest absolute Gasteiger partial charge is 0.279 e. The maximum Gasteiger partial charge on any atom is 0.279 e. The average Bonchev–Trinajstić information content (AvgIpc) is 2.83. The Bertz CT molecular complexity index is 693. The van der Waals surface area contributed by atoms with Gasteiger partial charge < -0.3 is 10.5 Å². The fourth-order valence-corrected chi connectivity index (χ4v) is 3.03. The van der Waals surface area contributed by atoms with Crippen LogP contribution in [0.1, 0.15) is 5.56 Å². The lowest BCUT2D eigenvalue weighted by molar-refractivity contribution is 0.474. The molecule has 3 aromatic rings. The largest absolute Gasteiger partial charge is 0.431 e. The minimum atomic E-state index is 0.430. The van der Waals surface area contributed by atoms with Crippen molar-refractivity contribution < 1.29 is 4.74 Å². The van der Waals surface area contributed by atoms with Gasteiger partial charge in [0.05, 0.1) is 10.2 Å². The summed E-state index contributed by atoms with van der Waals surface area (Å²) in [6.45, 7) is 0.430. The van der Waals surface area contributed by atoms with Gasteiger partial charge in [0.2, 0.25) is 0 Å². The molecular formula is C14H11BrN2OS. The van der Waals surface area contributed by atoms with Gasteiger partial charge >= 0.3 is 0 Å². The summed E-state index contributed by atoms with van der Waals surface area (Å²) in [6.07, 6.45) is 0. The number of para-hydroxylation sites is 1. The number of hydrogen-bond acceptors (Lipinski definition) is 4. The number of benzene rings is 2. The Hall–Kier alpha value is -1.43. The van der Waals surface area contributed by atoms with Crippen molar-refractivity contribution in [1.82, 2.24) is 4.98 Å². The molecule has 0 unspecified atom stereocenters. The summed E-state index contributed by atoms with van der Waals surface area (Å²) in [5.41, 5.74) is 7.64. The number of fused-ring (bicyclic) bond motifs is 1. The summed E-state index contributed by atoms with van der Waals surface area (Å²) in [6, 6.07) is 13.8. The average molecular weight is 335 g/mol. The molecule has 19 heavy (non-hydrogen) atoms. The molecule has 1 heterocycles. The summed E-state index contributed by atoms with van der Waals surface area (Å²) >= 11 is 4.96. The van der Waals surface area contributed by atoms with E-state index in [0.717, 1.165) is 26.0 Å². The molecule has 0 amide bonds. The Balaban J connectivity index is 1.96. The van der Waals surface area contributed by atoms with E-state index in [1.165, 1.54) is 11.3 Å². The number of thiazole rings is 1. The topological polar surface area (TPSA) is 48.1 Å². The van der Waals surface area contributed by atoms with E-state index in [4.69, 9.17) is 10.5 Å². The van der Waals surface area contributed by atoms with Crippen LogP contribution in [0.3, 0.4) is 0 Å². The first kappa shape index (κ1) is 12.6. The minimum absolute atomic E-state index is 0.430. The summed E-state index contributed by atoms with van der Waals surface area (Å²) < 4.78 is 7.95. The van der Waals surface area contributed by atoms with Crippen molar-refractivity contribution in [3.63, 3.8) is 0 Å². The molecule has 1 aromatic heterocycles. The summed E-state index contributed by atoms with van der Waals surface area (Å²) in [5, 5.41) is 0.637. The number of ether oxygens (including phenoxy) is 1. The van der Waals surface area contributed by atoms with E-state index in [1.807, 2.05) is 42.5 Å². The molecular weight excluding hydrogens is 324 g/mol. The van der Waals surface area contributed by atoms with Gasteiger partial charge in [0, 0.05) is 16.6 Å². The zero-order valence-electron chi connectivity index (χ0n) is 9.97. The van der Waals surface area contributed by atoms with E-state index in [-0.39, 0.29) is 0 Å². The first-order valence-corrected chi connectivity index (χ1v) is 7.39. The molecule has 0 saturated carbocycles. The first-order chi connectivity index (χ1) is 9.26. The van der Waals surface area contributed by atoms with E-state index < -0.39 is 0 Å². The lowest BCUT2D eigenvalue weighted by atomic mass is 10.2. The summed E-state index contributed by atoms with van der Waals surface area (Å²) in [7, 11) is 0. The van der Waals surface area contributed by atoms with Crippen LogP contribution in [0.2, 0.25) is 0 Å². The van der Waals surface area contributed by atoms with Crippen LogP contribution in [0.5, 0.6) is 10.9 Å². The maximum atomic E-state index is 5.85. The standard InChI is InChI=1S/C14H11BrN2OS/c15-10-5-6-12(9(7-10)8-16)18-14-17-11-3-1-2-4-13(11)19-14/h1-7H,8,16H2. The Morgan fingerprint density at radius 3 is 2.84 bits per heavy atom. The zero-order chi connectivity index (χ0) is 13.2. The molecule has 0 aliphatic carbocycles. The Kier molecular flexibility index (Phi) is 3.50. The monoisotopic (exact) mass is 334 g/mol. The van der Waals surface area contributed by atoms with Crippen molar-refractivity contribution in [3.05, 3.63) is 52.5 Å². The lowest BCUT2D eigenvalue weighted by Crippen LogP contribution is -1.99. The minimum Gasteiger partial charge on any atom is -0.431 e. The molecule has 5 heteroatoms. The SMILES string of the molecule is NCc1cc(Br)ccc1Oc1nc2ccccc2s1. The van der Waals surface area contributed by atoms with Crippen LogP contribution in [0.4, 0.5) is 0 Å². The van der Waals surface area contributed by atoms with Crippen molar-refractivity contribution in [2.45, 2.75) is 6.54 Å². The van der Waals surface area contributed by atoms with E-state index in [2.05, 4.69) is 20.9 Å². The van der Waals surface area contributed by atoms with Gasteiger partial charge in [-0.15, -0.1) is 0 Å². The first-order valence-electron chi connectivity index (χ1n) is 5.78. The van der Waals surface area contributed by atoms with E-state index in [0.29, 0.717) is 11.7 Å².